The van der Waals surface area contributed by atoms with Crippen LogP contribution in [0.2, 0.25) is 0 Å². The van der Waals surface area contributed by atoms with Gasteiger partial charge in [0.05, 0.1) is 0 Å². The Morgan fingerprint density at radius 2 is 2.23 bits per heavy atom. The maximum absolute atomic E-state index is 3.52. The quantitative estimate of drug-likeness (QED) is 0.683. The van der Waals surface area contributed by atoms with Gasteiger partial charge in [0, 0.05) is 24.8 Å². The lowest BCUT2D eigenvalue weighted by Gasteiger charge is -2.12. The summed E-state index contributed by atoms with van der Waals surface area (Å²) in [4.78, 5) is 0. The van der Waals surface area contributed by atoms with Crippen LogP contribution in [0.5, 0.6) is 0 Å². The van der Waals surface area contributed by atoms with E-state index in [4.69, 9.17) is 0 Å². The fourth-order valence-corrected chi connectivity index (χ4v) is 1.70. The van der Waals surface area contributed by atoms with Gasteiger partial charge in [0.15, 0.2) is 0 Å². The first-order valence-electron chi connectivity index (χ1n) is 4.95. The first kappa shape index (κ1) is 8.57. The van der Waals surface area contributed by atoms with Gasteiger partial charge in [-0.15, -0.1) is 0 Å². The summed E-state index contributed by atoms with van der Waals surface area (Å²) >= 11 is 0. The third-order valence-electron chi connectivity index (χ3n) is 2.63. The predicted octanol–water partition coefficient (Wildman–Crippen LogP) is 1.98. The van der Waals surface area contributed by atoms with E-state index in [1.807, 2.05) is 0 Å². The van der Waals surface area contributed by atoms with Crippen LogP contribution in [0.15, 0.2) is 24.3 Å². The van der Waals surface area contributed by atoms with Crippen molar-refractivity contribution in [2.24, 2.45) is 0 Å². The van der Waals surface area contributed by atoms with Gasteiger partial charge in [-0.3, -0.25) is 0 Å². The van der Waals surface area contributed by atoms with E-state index in [0.717, 1.165) is 13.1 Å². The summed E-state index contributed by atoms with van der Waals surface area (Å²) in [6.45, 7) is 4.24. The molecule has 2 heteroatoms. The molecule has 13 heavy (non-hydrogen) atoms. The average molecular weight is 176 g/mol. The fourth-order valence-electron chi connectivity index (χ4n) is 1.70. The number of benzene rings is 1. The second kappa shape index (κ2) is 3.79. The summed E-state index contributed by atoms with van der Waals surface area (Å²) < 4.78 is 0. The SMILES string of the molecule is CC[C@@H]1CNc2ccccc2CN1. The lowest BCUT2D eigenvalue weighted by Crippen LogP contribution is -2.31. The molecule has 0 aromatic heterocycles. The molecular formula is C11H16N2. The van der Waals surface area contributed by atoms with E-state index in [1.54, 1.807) is 0 Å². The lowest BCUT2D eigenvalue weighted by atomic mass is 10.2. The van der Waals surface area contributed by atoms with Gasteiger partial charge in [0.2, 0.25) is 0 Å². The standard InChI is InChI=1S/C11H16N2/c1-2-10-8-13-11-6-4-3-5-9(11)7-12-10/h3-6,10,12-13H,2,7-8H2,1H3/t10-/m1/s1. The minimum absolute atomic E-state index is 0.604. The Balaban J connectivity index is 2.17. The number of nitrogens with one attached hydrogen (secondary N) is 2. The lowest BCUT2D eigenvalue weighted by molar-refractivity contribution is 0.526. The largest absolute Gasteiger partial charge is 0.383 e. The maximum Gasteiger partial charge on any atom is 0.0386 e. The van der Waals surface area contributed by atoms with Crippen LogP contribution in [0.4, 0.5) is 5.69 Å². The average Bonchev–Trinajstić information content (AvgIpc) is 2.39. The van der Waals surface area contributed by atoms with Crippen molar-refractivity contribution < 1.29 is 0 Å². The van der Waals surface area contributed by atoms with E-state index < -0.39 is 0 Å². The summed E-state index contributed by atoms with van der Waals surface area (Å²) in [5.74, 6) is 0. The van der Waals surface area contributed by atoms with Crippen LogP contribution < -0.4 is 10.6 Å². The molecule has 2 rings (SSSR count). The molecule has 1 aliphatic heterocycles. The molecule has 0 saturated carbocycles. The van der Waals surface area contributed by atoms with Crippen molar-refractivity contribution in [2.45, 2.75) is 25.9 Å². The van der Waals surface area contributed by atoms with Gasteiger partial charge in [-0.05, 0) is 18.1 Å². The van der Waals surface area contributed by atoms with Gasteiger partial charge < -0.3 is 10.6 Å². The molecule has 0 unspecified atom stereocenters. The molecule has 1 aromatic carbocycles. The van der Waals surface area contributed by atoms with Crippen LogP contribution >= 0.6 is 0 Å². The van der Waals surface area contributed by atoms with Crippen molar-refractivity contribution in [3.8, 4) is 0 Å². The van der Waals surface area contributed by atoms with Crippen molar-refractivity contribution in [2.75, 3.05) is 11.9 Å². The van der Waals surface area contributed by atoms with Crippen molar-refractivity contribution in [3.63, 3.8) is 0 Å². The highest BCUT2D eigenvalue weighted by Gasteiger charge is 2.11. The smallest absolute Gasteiger partial charge is 0.0386 e. The molecule has 0 aliphatic carbocycles. The zero-order valence-corrected chi connectivity index (χ0v) is 8.01. The molecule has 0 spiro atoms. The first-order valence-corrected chi connectivity index (χ1v) is 4.95. The van der Waals surface area contributed by atoms with E-state index >= 15 is 0 Å². The van der Waals surface area contributed by atoms with Crippen molar-refractivity contribution in [1.29, 1.82) is 0 Å². The fraction of sp³-hybridized carbons (Fsp3) is 0.455. The van der Waals surface area contributed by atoms with Crippen LogP contribution in [0.3, 0.4) is 0 Å². The van der Waals surface area contributed by atoms with Gasteiger partial charge in [-0.25, -0.2) is 0 Å². The van der Waals surface area contributed by atoms with Gasteiger partial charge >= 0.3 is 0 Å². The number of hydrogen-bond donors (Lipinski definition) is 2. The number of anilines is 1. The molecule has 0 bridgehead atoms. The second-order valence-electron chi connectivity index (χ2n) is 3.52. The summed E-state index contributed by atoms with van der Waals surface area (Å²) in [6, 6.07) is 9.10. The van der Waals surface area contributed by atoms with Gasteiger partial charge in [0.1, 0.15) is 0 Å². The Labute approximate surface area is 79.4 Å². The molecule has 1 heterocycles. The number of rotatable bonds is 1. The van der Waals surface area contributed by atoms with Crippen LogP contribution in [-0.4, -0.2) is 12.6 Å². The Hall–Kier alpha value is -1.02. The molecule has 2 N–H and O–H groups in total. The van der Waals surface area contributed by atoms with Crippen molar-refractivity contribution in [3.05, 3.63) is 29.8 Å². The third-order valence-corrected chi connectivity index (χ3v) is 2.63. The molecular weight excluding hydrogens is 160 g/mol. The van der Waals surface area contributed by atoms with Crippen LogP contribution in [0.1, 0.15) is 18.9 Å². The van der Waals surface area contributed by atoms with Gasteiger partial charge in [-0.2, -0.15) is 0 Å². The number of para-hydroxylation sites is 1. The predicted molar refractivity (Wildman–Crippen MR) is 55.9 cm³/mol. The monoisotopic (exact) mass is 176 g/mol. The first-order chi connectivity index (χ1) is 6.40. The van der Waals surface area contributed by atoms with E-state index in [-0.39, 0.29) is 0 Å². The summed E-state index contributed by atoms with van der Waals surface area (Å²) in [6.07, 6.45) is 1.18. The van der Waals surface area contributed by atoms with E-state index in [2.05, 4.69) is 41.8 Å². The highest BCUT2D eigenvalue weighted by atomic mass is 15.0. The maximum atomic E-state index is 3.52. The summed E-state index contributed by atoms with van der Waals surface area (Å²) in [5, 5.41) is 6.99. The third kappa shape index (κ3) is 1.83. The molecule has 2 nitrogen and oxygen atoms in total. The highest BCUT2D eigenvalue weighted by Crippen LogP contribution is 2.17. The molecule has 1 atom stereocenters. The Kier molecular flexibility index (Phi) is 2.50. The normalized spacial score (nSPS) is 21.5. The van der Waals surface area contributed by atoms with Crippen LogP contribution in [-0.2, 0) is 6.54 Å². The highest BCUT2D eigenvalue weighted by molar-refractivity contribution is 5.51. The molecule has 70 valence electrons. The number of hydrogen-bond acceptors (Lipinski definition) is 2. The van der Waals surface area contributed by atoms with E-state index in [9.17, 15) is 0 Å². The topological polar surface area (TPSA) is 24.1 Å². The van der Waals surface area contributed by atoms with Gasteiger partial charge in [-0.1, -0.05) is 25.1 Å². The Morgan fingerprint density at radius 3 is 3.08 bits per heavy atom. The summed E-state index contributed by atoms with van der Waals surface area (Å²) in [7, 11) is 0. The van der Waals surface area contributed by atoms with Crippen LogP contribution in [0, 0.1) is 0 Å². The molecule has 0 fully saturated rings. The van der Waals surface area contributed by atoms with E-state index in [1.165, 1.54) is 17.7 Å². The minimum atomic E-state index is 0.604. The van der Waals surface area contributed by atoms with Crippen molar-refractivity contribution >= 4 is 5.69 Å². The molecule has 0 amide bonds. The van der Waals surface area contributed by atoms with Crippen molar-refractivity contribution in [1.82, 2.24) is 5.32 Å². The molecule has 0 saturated heterocycles. The molecule has 1 aliphatic rings. The van der Waals surface area contributed by atoms with Gasteiger partial charge in [0.25, 0.3) is 0 Å². The number of fused-ring (bicyclic) bond motifs is 1. The van der Waals surface area contributed by atoms with Crippen LogP contribution in [0.25, 0.3) is 0 Å². The Morgan fingerprint density at radius 1 is 1.38 bits per heavy atom. The zero-order valence-electron chi connectivity index (χ0n) is 8.01. The molecule has 1 aromatic rings. The summed E-state index contributed by atoms with van der Waals surface area (Å²) in [5.41, 5.74) is 2.66. The second-order valence-corrected chi connectivity index (χ2v) is 3.52. The zero-order chi connectivity index (χ0) is 9.10. The Bertz CT molecular complexity index is 256. The molecule has 0 radical (unpaired) electrons. The minimum Gasteiger partial charge on any atom is -0.383 e. The van der Waals surface area contributed by atoms with E-state index in [0.29, 0.717) is 6.04 Å².